The van der Waals surface area contributed by atoms with Gasteiger partial charge in [-0.15, -0.1) is 0 Å². The molecule has 2 N–H and O–H groups in total. The van der Waals surface area contributed by atoms with Crippen molar-refractivity contribution >= 4 is 27.7 Å². The van der Waals surface area contributed by atoms with Gasteiger partial charge >= 0.3 is 0 Å². The number of pyridine rings is 1. The van der Waals surface area contributed by atoms with Crippen molar-refractivity contribution in [1.29, 1.82) is 0 Å². The highest BCUT2D eigenvalue weighted by atomic mass is 16.1. The van der Waals surface area contributed by atoms with E-state index in [0.717, 1.165) is 35.9 Å². The minimum atomic E-state index is -0.156. The van der Waals surface area contributed by atoms with E-state index in [0.29, 0.717) is 23.0 Å². The number of hydrogen-bond donors (Lipinski definition) is 2. The Morgan fingerprint density at radius 2 is 1.90 bits per heavy atom. The number of nitrogens with one attached hydrogen (secondary N) is 2. The molecule has 2 aromatic heterocycles. The topological polar surface area (TPSA) is 79.8 Å². The standard InChI is InChI=1S/C23H24N4O2/c1-3-5-12-24-22(28)16-8-11-20-18(13-16)21-19(14-25-20)23(29)27(26-21)17-9-6-15(4-2)7-10-17/h6-11,13-14,26H,3-5,12H2,1-2H3,(H,24,28). The maximum atomic E-state index is 12.9. The van der Waals surface area contributed by atoms with E-state index < -0.39 is 0 Å². The molecule has 1 amide bonds. The number of carbonyl (C=O) groups excluding carboxylic acids is 1. The molecule has 0 bridgehead atoms. The average Bonchev–Trinajstić information content (AvgIpc) is 3.10. The van der Waals surface area contributed by atoms with Crippen LogP contribution in [-0.4, -0.2) is 27.2 Å². The third kappa shape index (κ3) is 3.53. The number of unbranched alkanes of at least 4 members (excludes halogenated alkanes) is 1. The monoisotopic (exact) mass is 388 g/mol. The van der Waals surface area contributed by atoms with Crippen LogP contribution >= 0.6 is 0 Å². The Balaban J connectivity index is 1.80. The molecule has 0 radical (unpaired) electrons. The fraction of sp³-hybridized carbons (Fsp3) is 0.261. The molecule has 0 aliphatic rings. The molecule has 0 aliphatic heterocycles. The molecule has 0 aliphatic carbocycles. The molecule has 0 unspecified atom stereocenters. The van der Waals surface area contributed by atoms with E-state index in [2.05, 4.69) is 29.2 Å². The van der Waals surface area contributed by atoms with Crippen LogP contribution in [0.15, 0.2) is 53.5 Å². The number of aromatic nitrogens is 3. The predicted octanol–water partition coefficient (Wildman–Crippen LogP) is 3.96. The van der Waals surface area contributed by atoms with Gasteiger partial charge in [0.05, 0.1) is 22.1 Å². The molecule has 6 heteroatoms. The fourth-order valence-corrected chi connectivity index (χ4v) is 3.44. The zero-order valence-corrected chi connectivity index (χ0v) is 16.7. The van der Waals surface area contributed by atoms with Crippen molar-refractivity contribution in [2.75, 3.05) is 6.54 Å². The van der Waals surface area contributed by atoms with Gasteiger partial charge in [0.1, 0.15) is 0 Å². The molecule has 2 aromatic carbocycles. The first-order valence-electron chi connectivity index (χ1n) is 10.0. The normalized spacial score (nSPS) is 11.2. The van der Waals surface area contributed by atoms with E-state index in [1.54, 1.807) is 18.3 Å². The number of hydrogen-bond acceptors (Lipinski definition) is 3. The molecule has 0 saturated carbocycles. The van der Waals surface area contributed by atoms with Crippen LogP contribution in [0.4, 0.5) is 0 Å². The molecule has 148 valence electrons. The fourth-order valence-electron chi connectivity index (χ4n) is 3.44. The summed E-state index contributed by atoms with van der Waals surface area (Å²) in [6, 6.07) is 13.3. The lowest BCUT2D eigenvalue weighted by molar-refractivity contribution is 0.0953. The van der Waals surface area contributed by atoms with Gasteiger partial charge in [-0.1, -0.05) is 32.4 Å². The molecule has 0 saturated heterocycles. The van der Waals surface area contributed by atoms with Gasteiger partial charge in [-0.3, -0.25) is 19.7 Å². The maximum Gasteiger partial charge on any atom is 0.280 e. The Kier molecular flexibility index (Phi) is 5.16. The summed E-state index contributed by atoms with van der Waals surface area (Å²) in [7, 11) is 0. The Morgan fingerprint density at radius 1 is 1.10 bits per heavy atom. The van der Waals surface area contributed by atoms with Crippen LogP contribution in [0, 0.1) is 0 Å². The lowest BCUT2D eigenvalue weighted by Crippen LogP contribution is -2.24. The second-order valence-corrected chi connectivity index (χ2v) is 7.16. The molecule has 6 nitrogen and oxygen atoms in total. The van der Waals surface area contributed by atoms with Crippen molar-refractivity contribution in [3.05, 3.63) is 70.1 Å². The number of benzene rings is 2. The van der Waals surface area contributed by atoms with Crippen LogP contribution in [0.1, 0.15) is 42.6 Å². The summed E-state index contributed by atoms with van der Waals surface area (Å²) < 4.78 is 1.53. The van der Waals surface area contributed by atoms with Crippen LogP contribution < -0.4 is 10.9 Å². The smallest absolute Gasteiger partial charge is 0.280 e. The van der Waals surface area contributed by atoms with E-state index in [1.165, 1.54) is 10.2 Å². The Labute approximate surface area is 168 Å². The summed E-state index contributed by atoms with van der Waals surface area (Å²) in [4.78, 5) is 29.8. The van der Waals surface area contributed by atoms with Crippen LogP contribution in [0.3, 0.4) is 0 Å². The van der Waals surface area contributed by atoms with Crippen molar-refractivity contribution in [2.24, 2.45) is 0 Å². The van der Waals surface area contributed by atoms with E-state index in [1.807, 2.05) is 30.3 Å². The van der Waals surface area contributed by atoms with E-state index in [4.69, 9.17) is 0 Å². The largest absolute Gasteiger partial charge is 0.352 e. The van der Waals surface area contributed by atoms with Crippen LogP contribution in [0.25, 0.3) is 27.5 Å². The first-order chi connectivity index (χ1) is 14.1. The SMILES string of the molecule is CCCCNC(=O)c1ccc2ncc3c(=O)n(-c4ccc(CC)cc4)[nH]c3c2c1. The quantitative estimate of drug-likeness (QED) is 0.491. The number of aryl methyl sites for hydroxylation is 1. The highest BCUT2D eigenvalue weighted by Crippen LogP contribution is 2.22. The molecule has 4 rings (SSSR count). The maximum absolute atomic E-state index is 12.9. The summed E-state index contributed by atoms with van der Waals surface area (Å²) in [6.45, 7) is 4.83. The summed E-state index contributed by atoms with van der Waals surface area (Å²) in [5.74, 6) is -0.116. The molecule has 2 heterocycles. The zero-order valence-electron chi connectivity index (χ0n) is 16.7. The number of aromatic amines is 1. The number of carbonyl (C=O) groups is 1. The minimum Gasteiger partial charge on any atom is -0.352 e. The van der Waals surface area contributed by atoms with Gasteiger partial charge in [-0.2, -0.15) is 0 Å². The number of fused-ring (bicyclic) bond motifs is 3. The first kappa shape index (κ1) is 18.9. The molecule has 0 spiro atoms. The number of nitrogens with zero attached hydrogens (tertiary/aromatic N) is 2. The third-order valence-electron chi connectivity index (χ3n) is 5.21. The summed E-state index contributed by atoms with van der Waals surface area (Å²) in [6.07, 6.45) is 4.50. The number of amides is 1. The molecule has 0 fully saturated rings. The predicted molar refractivity (Wildman–Crippen MR) is 116 cm³/mol. The van der Waals surface area contributed by atoms with Crippen molar-refractivity contribution in [3.63, 3.8) is 0 Å². The van der Waals surface area contributed by atoms with Gasteiger partial charge < -0.3 is 5.32 Å². The summed E-state index contributed by atoms with van der Waals surface area (Å²) in [5.41, 5.74) is 3.80. The van der Waals surface area contributed by atoms with Gasteiger partial charge in [0.25, 0.3) is 11.5 Å². The third-order valence-corrected chi connectivity index (χ3v) is 5.21. The van der Waals surface area contributed by atoms with Crippen molar-refractivity contribution in [3.8, 4) is 5.69 Å². The lowest BCUT2D eigenvalue weighted by Gasteiger charge is -2.06. The first-order valence-corrected chi connectivity index (χ1v) is 10.0. The van der Waals surface area contributed by atoms with E-state index in [9.17, 15) is 9.59 Å². The van der Waals surface area contributed by atoms with Gasteiger partial charge in [0.15, 0.2) is 0 Å². The molecule has 4 aromatic rings. The van der Waals surface area contributed by atoms with E-state index in [-0.39, 0.29) is 11.5 Å². The summed E-state index contributed by atoms with van der Waals surface area (Å²) >= 11 is 0. The van der Waals surface area contributed by atoms with Gasteiger partial charge in [-0.05, 0) is 48.7 Å². The highest BCUT2D eigenvalue weighted by molar-refractivity contribution is 6.06. The Bertz CT molecular complexity index is 1240. The number of H-pyrrole nitrogens is 1. The van der Waals surface area contributed by atoms with Crippen molar-refractivity contribution in [2.45, 2.75) is 33.1 Å². The van der Waals surface area contributed by atoms with Gasteiger partial charge in [0.2, 0.25) is 0 Å². The molecular formula is C23H24N4O2. The van der Waals surface area contributed by atoms with E-state index >= 15 is 0 Å². The average molecular weight is 388 g/mol. The minimum absolute atomic E-state index is 0.116. The van der Waals surface area contributed by atoms with Crippen LogP contribution in [0.5, 0.6) is 0 Å². The van der Waals surface area contributed by atoms with Gasteiger partial charge in [-0.25, -0.2) is 4.68 Å². The zero-order chi connectivity index (χ0) is 20.4. The second kappa shape index (κ2) is 7.91. The Hall–Kier alpha value is -3.41. The highest BCUT2D eigenvalue weighted by Gasteiger charge is 2.14. The molecular weight excluding hydrogens is 364 g/mol. The van der Waals surface area contributed by atoms with Crippen LogP contribution in [-0.2, 0) is 6.42 Å². The Morgan fingerprint density at radius 3 is 2.62 bits per heavy atom. The molecule has 29 heavy (non-hydrogen) atoms. The number of rotatable bonds is 6. The lowest BCUT2D eigenvalue weighted by atomic mass is 10.1. The summed E-state index contributed by atoms with van der Waals surface area (Å²) in [5, 5.41) is 7.40. The van der Waals surface area contributed by atoms with Crippen molar-refractivity contribution < 1.29 is 4.79 Å². The van der Waals surface area contributed by atoms with Crippen LogP contribution in [0.2, 0.25) is 0 Å². The van der Waals surface area contributed by atoms with Gasteiger partial charge in [0, 0.05) is 23.7 Å². The second-order valence-electron chi connectivity index (χ2n) is 7.16. The molecule has 0 atom stereocenters. The van der Waals surface area contributed by atoms with Crippen molar-refractivity contribution in [1.82, 2.24) is 20.1 Å².